The highest BCUT2D eigenvalue weighted by molar-refractivity contribution is 8.38. The largest absolute Gasteiger partial charge is 0.380 e. The summed E-state index contributed by atoms with van der Waals surface area (Å²) < 4.78 is 30.2. The molecule has 17 heteroatoms. The Hall–Kier alpha value is -5.68. The number of nitrogens with zero attached hydrogens (tertiary/aromatic N) is 8. The van der Waals surface area contributed by atoms with Crippen LogP contribution in [0.1, 0.15) is 41.6 Å². The molecule has 13 nitrogen and oxygen atoms in total. The Morgan fingerprint density at radius 1 is 0.904 bits per heavy atom. The van der Waals surface area contributed by atoms with Crippen LogP contribution in [-0.4, -0.2) is 69.9 Å². The number of halogens is 2. The van der Waals surface area contributed by atoms with Crippen LogP contribution in [0.4, 0.5) is 20.5 Å². The van der Waals surface area contributed by atoms with E-state index in [1.165, 1.54) is 35.7 Å². The number of thioether (sulfide) groups is 2. The highest BCUT2D eigenvalue weighted by Crippen LogP contribution is 2.20. The van der Waals surface area contributed by atoms with Crippen LogP contribution in [0.25, 0.3) is 11.0 Å². The van der Waals surface area contributed by atoms with Crippen LogP contribution in [0.15, 0.2) is 95.4 Å². The van der Waals surface area contributed by atoms with Crippen LogP contribution in [0.3, 0.4) is 0 Å². The standard InChI is InChI=1S/C18H20FN7.C17H17FN6S2/c1-2-9-22-18-24-17(25-26-18)15(20)13-7-5-10-21-16(13)23-11-12-6-3-4-8-14(12)19;1-25-17(26-2)22-21-15(19)14-12-7-5-9-20-16(12)24(23-14)10-11-6-3-4-8-13(11)18/h3-8,10,20H,2,9,11H2,1H3,(H,21,23)(H2,22,24,25,26);3-9H,10H2,1-2H3,(H2,19,21). The summed E-state index contributed by atoms with van der Waals surface area (Å²) in [5.41, 5.74) is 8.96. The van der Waals surface area contributed by atoms with E-state index < -0.39 is 0 Å². The first-order chi connectivity index (χ1) is 25.3. The van der Waals surface area contributed by atoms with Gasteiger partial charge in [-0.25, -0.2) is 23.4 Å². The van der Waals surface area contributed by atoms with Gasteiger partial charge in [0.25, 0.3) is 0 Å². The molecule has 6 rings (SSSR count). The normalized spacial score (nSPS) is 11.1. The molecule has 6 aromatic rings. The third-order valence-electron chi connectivity index (χ3n) is 7.35. The quantitative estimate of drug-likeness (QED) is 0.0527. The molecule has 0 aliphatic carbocycles. The van der Waals surface area contributed by atoms with Gasteiger partial charge in [-0.05, 0) is 55.3 Å². The molecule has 0 saturated carbocycles. The molecule has 4 aromatic heterocycles. The highest BCUT2D eigenvalue weighted by atomic mass is 32.2. The van der Waals surface area contributed by atoms with E-state index in [2.05, 4.69) is 51.1 Å². The first-order valence-corrected chi connectivity index (χ1v) is 18.5. The summed E-state index contributed by atoms with van der Waals surface area (Å²) in [5.74, 6) is 0.900. The number of H-pyrrole nitrogens is 1. The first-order valence-electron chi connectivity index (χ1n) is 16.0. The zero-order valence-corrected chi connectivity index (χ0v) is 30.3. The smallest absolute Gasteiger partial charge is 0.242 e. The fourth-order valence-electron chi connectivity index (χ4n) is 4.79. The predicted octanol–water partition coefficient (Wildman–Crippen LogP) is 6.51. The van der Waals surface area contributed by atoms with Gasteiger partial charge in [0.05, 0.1) is 11.9 Å². The second kappa shape index (κ2) is 18.5. The molecule has 0 aliphatic rings. The van der Waals surface area contributed by atoms with Crippen LogP contribution in [-0.2, 0) is 13.1 Å². The number of hydrogen-bond acceptors (Lipinski definition) is 12. The molecule has 0 saturated heterocycles. The minimum absolute atomic E-state index is 0.159. The average molecular weight is 742 g/mol. The van der Waals surface area contributed by atoms with E-state index in [0.29, 0.717) is 45.6 Å². The summed E-state index contributed by atoms with van der Waals surface area (Å²) in [6, 6.07) is 20.3. The lowest BCUT2D eigenvalue weighted by Crippen LogP contribution is -2.15. The maximum absolute atomic E-state index is 14.0. The van der Waals surface area contributed by atoms with Gasteiger partial charge in [-0.3, -0.25) is 10.5 Å². The molecule has 6 N–H and O–H groups in total. The summed E-state index contributed by atoms with van der Waals surface area (Å²) in [4.78, 5) is 12.9. The molecule has 0 spiro atoms. The fourth-order valence-corrected chi connectivity index (χ4v) is 5.70. The van der Waals surface area contributed by atoms with Crippen molar-refractivity contribution >= 4 is 62.2 Å². The van der Waals surface area contributed by atoms with Crippen LogP contribution in [0.5, 0.6) is 0 Å². The zero-order valence-electron chi connectivity index (χ0n) is 28.6. The summed E-state index contributed by atoms with van der Waals surface area (Å²) in [7, 11) is 0. The SMILES string of the molecule is CCCNc1n[nH]c(C(=N)c2cccnc2NCc2ccccc2F)n1.CSC(=N/N=C(\N)c1nn(Cc2ccccc2F)c2ncccc12)SC. The van der Waals surface area contributed by atoms with E-state index in [1.54, 1.807) is 71.7 Å². The first kappa shape index (κ1) is 37.6. The summed E-state index contributed by atoms with van der Waals surface area (Å²) in [6.07, 6.45) is 8.08. The van der Waals surface area contributed by atoms with Gasteiger partial charge in [0.1, 0.15) is 28.9 Å². The van der Waals surface area contributed by atoms with Crippen molar-refractivity contribution in [3.63, 3.8) is 0 Å². The summed E-state index contributed by atoms with van der Waals surface area (Å²) in [5, 5.41) is 34.8. The maximum Gasteiger partial charge on any atom is 0.242 e. The van der Waals surface area contributed by atoms with Crippen LogP contribution >= 0.6 is 23.5 Å². The number of pyridine rings is 2. The molecular formula is C35H37F2N13S2. The molecule has 4 heterocycles. The van der Waals surface area contributed by atoms with Crippen molar-refractivity contribution in [2.45, 2.75) is 26.4 Å². The van der Waals surface area contributed by atoms with Gasteiger partial charge in [0, 0.05) is 42.2 Å². The average Bonchev–Trinajstić information content (AvgIpc) is 3.80. The topological polar surface area (TPSA) is 184 Å². The number of fused-ring (bicyclic) bond motifs is 1. The monoisotopic (exact) mass is 741 g/mol. The Balaban J connectivity index is 0.000000201. The minimum atomic E-state index is -0.288. The lowest BCUT2D eigenvalue weighted by molar-refractivity contribution is 0.589. The minimum Gasteiger partial charge on any atom is -0.380 e. The van der Waals surface area contributed by atoms with Crippen molar-refractivity contribution < 1.29 is 8.78 Å². The van der Waals surface area contributed by atoms with Crippen LogP contribution in [0.2, 0.25) is 0 Å². The van der Waals surface area contributed by atoms with Gasteiger partial charge in [0.2, 0.25) is 5.95 Å². The van der Waals surface area contributed by atoms with Crippen LogP contribution in [0, 0.1) is 17.0 Å². The summed E-state index contributed by atoms with van der Waals surface area (Å²) >= 11 is 2.98. The highest BCUT2D eigenvalue weighted by Gasteiger charge is 2.17. The van der Waals surface area contributed by atoms with Crippen molar-refractivity contribution in [1.82, 2.24) is 34.9 Å². The van der Waals surface area contributed by atoms with Gasteiger partial charge < -0.3 is 16.4 Å². The van der Waals surface area contributed by atoms with Crippen molar-refractivity contribution in [2.24, 2.45) is 15.9 Å². The number of anilines is 2. The number of aromatic amines is 1. The van der Waals surface area contributed by atoms with Gasteiger partial charge in [-0.15, -0.1) is 38.8 Å². The summed E-state index contributed by atoms with van der Waals surface area (Å²) in [6.45, 7) is 3.32. The lowest BCUT2D eigenvalue weighted by atomic mass is 10.1. The molecule has 268 valence electrons. The van der Waals surface area contributed by atoms with E-state index in [0.717, 1.165) is 22.7 Å². The number of benzene rings is 2. The third kappa shape index (κ3) is 9.55. The van der Waals surface area contributed by atoms with Crippen molar-refractivity contribution in [3.05, 3.63) is 125 Å². The van der Waals surface area contributed by atoms with E-state index >= 15 is 0 Å². The van der Waals surface area contributed by atoms with Crippen molar-refractivity contribution in [2.75, 3.05) is 29.7 Å². The molecule has 2 aromatic carbocycles. The second-order valence-electron chi connectivity index (χ2n) is 10.9. The molecule has 0 radical (unpaired) electrons. The molecule has 0 amide bonds. The van der Waals surface area contributed by atoms with E-state index in [-0.39, 0.29) is 36.3 Å². The molecule has 0 atom stereocenters. The molecule has 0 unspecified atom stereocenters. The second-order valence-corrected chi connectivity index (χ2v) is 12.7. The Morgan fingerprint density at radius 2 is 1.60 bits per heavy atom. The lowest BCUT2D eigenvalue weighted by Gasteiger charge is -2.11. The number of nitrogens with one attached hydrogen (secondary N) is 4. The van der Waals surface area contributed by atoms with Gasteiger partial charge in [-0.1, -0.05) is 43.3 Å². The molecule has 52 heavy (non-hydrogen) atoms. The number of aromatic nitrogens is 7. The Morgan fingerprint density at radius 3 is 2.31 bits per heavy atom. The fraction of sp³-hybridized carbons (Fsp3) is 0.200. The van der Waals surface area contributed by atoms with Gasteiger partial charge in [-0.2, -0.15) is 10.1 Å². The third-order valence-corrected chi connectivity index (χ3v) is 9.21. The maximum atomic E-state index is 14.0. The Kier molecular flexibility index (Phi) is 13.4. The van der Waals surface area contributed by atoms with E-state index in [1.807, 2.05) is 25.5 Å². The van der Waals surface area contributed by atoms with E-state index in [4.69, 9.17) is 11.1 Å². The zero-order chi connectivity index (χ0) is 36.9. The van der Waals surface area contributed by atoms with E-state index in [9.17, 15) is 8.78 Å². The Bertz CT molecular complexity index is 2180. The predicted molar refractivity (Wildman–Crippen MR) is 207 cm³/mol. The number of nitrogens with two attached hydrogens (primary N) is 1. The Labute approximate surface area is 307 Å². The van der Waals surface area contributed by atoms with Crippen LogP contribution < -0.4 is 16.4 Å². The number of hydrogen-bond donors (Lipinski definition) is 5. The van der Waals surface area contributed by atoms with Gasteiger partial charge >= 0.3 is 0 Å². The van der Waals surface area contributed by atoms with Crippen molar-refractivity contribution in [1.29, 1.82) is 5.41 Å². The molecular weight excluding hydrogens is 705 g/mol. The molecule has 0 aliphatic heterocycles. The number of amidine groups is 1. The van der Waals surface area contributed by atoms with Gasteiger partial charge in [0.15, 0.2) is 21.7 Å². The van der Waals surface area contributed by atoms with Crippen molar-refractivity contribution in [3.8, 4) is 0 Å². The molecule has 0 fully saturated rings. The number of rotatable bonds is 12. The molecule has 0 bridgehead atoms.